The first-order valence-electron chi connectivity index (χ1n) is 4.01. The molecule has 0 saturated carbocycles. The van der Waals surface area contributed by atoms with E-state index in [2.05, 4.69) is 9.72 Å². The van der Waals surface area contributed by atoms with Gasteiger partial charge in [-0.15, -0.1) is 0 Å². The molecule has 1 N–H and O–H groups in total. The molecular formula is C9H6F2N2O3. The van der Waals surface area contributed by atoms with E-state index in [4.69, 9.17) is 5.26 Å². The van der Waals surface area contributed by atoms with Gasteiger partial charge >= 0.3 is 5.97 Å². The summed E-state index contributed by atoms with van der Waals surface area (Å²) in [5.41, 5.74) is -2.14. The molecule has 0 atom stereocenters. The molecule has 0 aliphatic heterocycles. The van der Waals surface area contributed by atoms with Crippen LogP contribution in [0.4, 0.5) is 8.78 Å². The highest BCUT2D eigenvalue weighted by Gasteiger charge is 2.25. The highest BCUT2D eigenvalue weighted by atomic mass is 19.3. The Morgan fingerprint density at radius 1 is 1.69 bits per heavy atom. The molecule has 0 unspecified atom stereocenters. The third-order valence-electron chi connectivity index (χ3n) is 1.80. The number of halogens is 2. The zero-order chi connectivity index (χ0) is 12.3. The van der Waals surface area contributed by atoms with E-state index < -0.39 is 35.0 Å². The summed E-state index contributed by atoms with van der Waals surface area (Å²) < 4.78 is 29.2. The van der Waals surface area contributed by atoms with E-state index in [1.165, 1.54) is 6.07 Å². The Balaban J connectivity index is 3.52. The number of nitriles is 1. The van der Waals surface area contributed by atoms with Crippen LogP contribution in [0.25, 0.3) is 0 Å². The highest BCUT2D eigenvalue weighted by molar-refractivity contribution is 5.95. The summed E-state index contributed by atoms with van der Waals surface area (Å²) in [4.78, 5) is 14.4. The number of aromatic nitrogens is 1. The van der Waals surface area contributed by atoms with Crippen LogP contribution in [0.2, 0.25) is 0 Å². The molecule has 1 aromatic rings. The van der Waals surface area contributed by atoms with Crippen molar-refractivity contribution in [3.05, 3.63) is 23.0 Å². The van der Waals surface area contributed by atoms with Crippen molar-refractivity contribution < 1.29 is 23.4 Å². The van der Waals surface area contributed by atoms with Crippen molar-refractivity contribution in [3.63, 3.8) is 0 Å². The minimum atomic E-state index is -3.02. The number of ether oxygens (including phenoxy) is 1. The van der Waals surface area contributed by atoms with Crippen molar-refractivity contribution in [2.75, 3.05) is 7.11 Å². The lowest BCUT2D eigenvalue weighted by molar-refractivity contribution is 0.0596. The molecule has 0 saturated heterocycles. The molecule has 0 radical (unpaired) electrons. The summed E-state index contributed by atoms with van der Waals surface area (Å²) in [7, 11) is 1.01. The third-order valence-corrected chi connectivity index (χ3v) is 1.80. The average molecular weight is 228 g/mol. The van der Waals surface area contributed by atoms with Crippen molar-refractivity contribution in [2.45, 2.75) is 6.43 Å². The predicted molar refractivity (Wildman–Crippen MR) is 46.9 cm³/mol. The molecule has 0 aliphatic carbocycles. The highest BCUT2D eigenvalue weighted by Crippen LogP contribution is 2.28. The molecule has 1 aromatic heterocycles. The van der Waals surface area contributed by atoms with Crippen molar-refractivity contribution >= 4 is 5.97 Å². The molecule has 84 valence electrons. The van der Waals surface area contributed by atoms with E-state index in [0.717, 1.165) is 7.11 Å². The Labute approximate surface area is 88.9 Å². The molecule has 0 bridgehead atoms. The number of aromatic hydroxyl groups is 1. The van der Waals surface area contributed by atoms with Crippen molar-refractivity contribution in [3.8, 4) is 11.8 Å². The van der Waals surface area contributed by atoms with Gasteiger partial charge in [0.15, 0.2) is 0 Å². The summed E-state index contributed by atoms with van der Waals surface area (Å²) in [6.45, 7) is 0. The van der Waals surface area contributed by atoms with Crippen LogP contribution in [0, 0.1) is 11.3 Å². The fourth-order valence-corrected chi connectivity index (χ4v) is 1.10. The van der Waals surface area contributed by atoms with E-state index in [9.17, 15) is 18.7 Å². The van der Waals surface area contributed by atoms with Gasteiger partial charge in [0.05, 0.1) is 18.9 Å². The van der Waals surface area contributed by atoms with Gasteiger partial charge in [-0.05, 0) is 0 Å². The van der Waals surface area contributed by atoms with E-state index in [-0.39, 0.29) is 0 Å². The number of esters is 1. The van der Waals surface area contributed by atoms with Gasteiger partial charge in [0.25, 0.3) is 6.43 Å². The van der Waals surface area contributed by atoms with Gasteiger partial charge in [-0.3, -0.25) is 0 Å². The van der Waals surface area contributed by atoms with Crippen molar-refractivity contribution in [1.29, 1.82) is 5.26 Å². The molecule has 7 heteroatoms. The van der Waals surface area contributed by atoms with Crippen LogP contribution in [-0.2, 0) is 4.74 Å². The Morgan fingerprint density at radius 3 is 2.75 bits per heavy atom. The van der Waals surface area contributed by atoms with Gasteiger partial charge in [0, 0.05) is 0 Å². The molecule has 5 nitrogen and oxygen atoms in total. The number of hydrogen-bond acceptors (Lipinski definition) is 5. The molecule has 0 aromatic carbocycles. The maximum Gasteiger partial charge on any atom is 0.343 e. The van der Waals surface area contributed by atoms with Crippen LogP contribution >= 0.6 is 0 Å². The molecule has 0 fully saturated rings. The van der Waals surface area contributed by atoms with Crippen LogP contribution in [0.15, 0.2) is 6.20 Å². The number of hydrogen-bond donors (Lipinski definition) is 1. The van der Waals surface area contributed by atoms with Gasteiger partial charge in [0.1, 0.15) is 23.1 Å². The Kier molecular flexibility index (Phi) is 3.35. The zero-order valence-electron chi connectivity index (χ0n) is 8.07. The number of pyridine rings is 1. The summed E-state index contributed by atoms with van der Waals surface area (Å²) in [6, 6.07) is 1.40. The number of alkyl halides is 2. The van der Waals surface area contributed by atoms with Gasteiger partial charge in [-0.1, -0.05) is 0 Å². The maximum absolute atomic E-state index is 12.4. The smallest absolute Gasteiger partial charge is 0.343 e. The van der Waals surface area contributed by atoms with E-state index in [1.54, 1.807) is 0 Å². The predicted octanol–water partition coefficient (Wildman–Crippen LogP) is 1.38. The molecular weight excluding hydrogens is 222 g/mol. The molecule has 0 spiro atoms. The minimum Gasteiger partial charge on any atom is -0.505 e. The number of rotatable bonds is 2. The van der Waals surface area contributed by atoms with Gasteiger partial charge in [0.2, 0.25) is 0 Å². The molecule has 0 amide bonds. The first-order chi connectivity index (χ1) is 7.52. The largest absolute Gasteiger partial charge is 0.505 e. The normalized spacial score (nSPS) is 9.94. The minimum absolute atomic E-state index is 0.602. The lowest BCUT2D eigenvalue weighted by atomic mass is 10.1. The Bertz CT molecular complexity index is 469. The zero-order valence-corrected chi connectivity index (χ0v) is 8.07. The van der Waals surface area contributed by atoms with Gasteiger partial charge in [-0.2, -0.15) is 5.26 Å². The maximum atomic E-state index is 12.4. The van der Waals surface area contributed by atoms with Crippen LogP contribution in [0.1, 0.15) is 28.0 Å². The average Bonchev–Trinajstić information content (AvgIpc) is 2.26. The van der Waals surface area contributed by atoms with E-state index in [1.807, 2.05) is 0 Å². The first-order valence-corrected chi connectivity index (χ1v) is 4.01. The van der Waals surface area contributed by atoms with Crippen LogP contribution < -0.4 is 0 Å². The first kappa shape index (κ1) is 11.8. The van der Waals surface area contributed by atoms with Crippen molar-refractivity contribution in [2.24, 2.45) is 0 Å². The summed E-state index contributed by atoms with van der Waals surface area (Å²) in [5.74, 6) is -1.74. The Morgan fingerprint density at radius 2 is 2.31 bits per heavy atom. The lowest BCUT2D eigenvalue weighted by Crippen LogP contribution is -2.08. The molecule has 1 heterocycles. The lowest BCUT2D eigenvalue weighted by Gasteiger charge is -2.07. The SMILES string of the molecule is COC(=O)c1c(O)cnc(C(F)F)c1C#N. The van der Waals surface area contributed by atoms with Crippen LogP contribution in [-0.4, -0.2) is 23.2 Å². The number of nitrogens with zero attached hydrogens (tertiary/aromatic N) is 2. The topological polar surface area (TPSA) is 83.2 Å². The fraction of sp³-hybridized carbons (Fsp3) is 0.222. The summed E-state index contributed by atoms with van der Waals surface area (Å²) >= 11 is 0. The molecule has 1 rings (SSSR count). The monoisotopic (exact) mass is 228 g/mol. The second kappa shape index (κ2) is 4.53. The summed E-state index contributed by atoms with van der Waals surface area (Å²) in [6.07, 6.45) is -2.34. The fourth-order valence-electron chi connectivity index (χ4n) is 1.10. The van der Waals surface area contributed by atoms with E-state index in [0.29, 0.717) is 6.20 Å². The van der Waals surface area contributed by atoms with E-state index >= 15 is 0 Å². The van der Waals surface area contributed by atoms with Gasteiger partial charge in [-0.25, -0.2) is 18.6 Å². The van der Waals surface area contributed by atoms with Crippen molar-refractivity contribution in [1.82, 2.24) is 4.98 Å². The number of carbonyl (C=O) groups is 1. The summed E-state index contributed by atoms with van der Waals surface area (Å²) in [5, 5.41) is 17.9. The second-order valence-corrected chi connectivity index (χ2v) is 2.68. The quantitative estimate of drug-likeness (QED) is 0.773. The Hall–Kier alpha value is -2.23. The molecule has 0 aliphatic rings. The van der Waals surface area contributed by atoms with Crippen LogP contribution in [0.5, 0.6) is 5.75 Å². The number of carbonyl (C=O) groups excluding carboxylic acids is 1. The van der Waals surface area contributed by atoms with Crippen LogP contribution in [0.3, 0.4) is 0 Å². The second-order valence-electron chi connectivity index (χ2n) is 2.68. The van der Waals surface area contributed by atoms with Gasteiger partial charge < -0.3 is 9.84 Å². The standard InChI is InChI=1S/C9H6F2N2O3/c1-16-9(15)6-4(2-12)7(8(10)11)13-3-5(6)14/h3,8,14H,1H3. The third kappa shape index (κ3) is 1.91. The molecule has 16 heavy (non-hydrogen) atoms. The number of methoxy groups -OCH3 is 1.